The zero-order valence-electron chi connectivity index (χ0n) is 50.4. The molecule has 0 fully saturated rings. The average Bonchev–Trinajstić information content (AvgIpc) is 3.96. The SMILES string of the molecule is [2H]c1c([2H])c([2H])c(-c2ccc3c(c2)n(-c2[c-]c(Oc4[c-]c5c(cc4)c4ccccc4n5-c4cc(C(C)(C)C)ccn4)ccc2)[c-][n+]3-c2c(-c3cccc(C(C)(C)C)c3)cc(C(C)(C)C)cc2-c2cccc(C(C)(C)C)c2)c([2H])c1[2H].[Pt]. The first kappa shape index (κ1) is 46.0. The number of fused-ring (bicyclic) bond motifs is 4. The molecule has 6 heteroatoms. The Morgan fingerprint density at radius 1 is 0.500 bits per heavy atom. The van der Waals surface area contributed by atoms with Crippen LogP contribution in [0.4, 0.5) is 0 Å². The maximum Gasteiger partial charge on any atom is 0.268 e. The predicted octanol–water partition coefficient (Wildman–Crippen LogP) is 17.8. The van der Waals surface area contributed by atoms with Crippen molar-refractivity contribution in [1.82, 2.24) is 14.1 Å². The Morgan fingerprint density at radius 2 is 1.11 bits per heavy atom. The van der Waals surface area contributed by atoms with Crippen LogP contribution in [0.5, 0.6) is 11.5 Å². The number of nitrogens with zero attached hydrogens (tertiary/aromatic N) is 4. The van der Waals surface area contributed by atoms with E-state index in [-0.39, 0.29) is 60.4 Å². The van der Waals surface area contributed by atoms with Crippen LogP contribution in [-0.2, 0) is 42.7 Å². The molecule has 0 aliphatic heterocycles. The van der Waals surface area contributed by atoms with Crippen LogP contribution in [0.2, 0.25) is 0 Å². The van der Waals surface area contributed by atoms with Crippen molar-refractivity contribution in [3.05, 3.63) is 223 Å². The first-order chi connectivity index (χ1) is 37.8. The summed E-state index contributed by atoms with van der Waals surface area (Å²) >= 11 is 0. The predicted molar refractivity (Wildman–Crippen MR) is 311 cm³/mol. The summed E-state index contributed by atoms with van der Waals surface area (Å²) in [5.41, 5.74) is 13.6. The van der Waals surface area contributed by atoms with Crippen LogP contribution < -0.4 is 9.30 Å². The second-order valence-corrected chi connectivity index (χ2v) is 23.9. The molecule has 11 aromatic rings. The van der Waals surface area contributed by atoms with E-state index >= 15 is 0 Å². The molecule has 0 unspecified atom stereocenters. The van der Waals surface area contributed by atoms with Gasteiger partial charge in [-0.25, -0.2) is 4.98 Å². The van der Waals surface area contributed by atoms with E-state index in [0.29, 0.717) is 28.3 Å². The van der Waals surface area contributed by atoms with Crippen molar-refractivity contribution in [3.63, 3.8) is 0 Å². The van der Waals surface area contributed by atoms with Gasteiger partial charge in [0.2, 0.25) is 0 Å². The fourth-order valence-corrected chi connectivity index (χ4v) is 9.98. The molecule has 0 saturated heterocycles. The fourth-order valence-electron chi connectivity index (χ4n) is 9.98. The zero-order chi connectivity index (χ0) is 57.0. The molecule has 0 radical (unpaired) electrons. The normalized spacial score (nSPS) is 13.3. The second kappa shape index (κ2) is 19.7. The van der Waals surface area contributed by atoms with Crippen LogP contribution >= 0.6 is 0 Å². The summed E-state index contributed by atoms with van der Waals surface area (Å²) in [6.07, 6.45) is 5.70. The standard InChI is InChI=1S/C70H66N4O.Pt/c1-67(2,3)50-25-18-23-48(37-50)59-40-53(70(10,11)12)41-60(49-24-19-26-51(38-49)68(4,5)6)66(59)73-45-72(64-39-47(31-34-62(64)73)46-21-14-13-15-22-46)54-27-20-28-55(43-54)75-56-32-33-58-57-29-16-17-30-61(57)74(63(58)44-56)65-42-52(35-36-71-65)69(7,8)9;/h13-42H,1-12H3;/q-2;/i13D,14D,15D,21D,22D;. The molecule has 0 N–H and O–H groups in total. The van der Waals surface area contributed by atoms with E-state index in [1.54, 1.807) is 0 Å². The van der Waals surface area contributed by atoms with Gasteiger partial charge >= 0.3 is 0 Å². The number of aromatic nitrogens is 4. The molecule has 11 rings (SSSR count). The maximum absolute atomic E-state index is 9.07. The van der Waals surface area contributed by atoms with Gasteiger partial charge in [-0.2, -0.15) is 18.2 Å². The van der Waals surface area contributed by atoms with Gasteiger partial charge in [0.15, 0.2) is 0 Å². The topological polar surface area (TPSA) is 35.9 Å². The van der Waals surface area contributed by atoms with E-state index < -0.39 is 18.1 Å². The zero-order valence-corrected chi connectivity index (χ0v) is 47.7. The van der Waals surface area contributed by atoms with Gasteiger partial charge in [-0.1, -0.05) is 210 Å². The van der Waals surface area contributed by atoms with E-state index in [2.05, 4.69) is 202 Å². The van der Waals surface area contributed by atoms with Gasteiger partial charge in [0.25, 0.3) is 6.33 Å². The Labute approximate surface area is 471 Å². The molecule has 0 aliphatic rings. The van der Waals surface area contributed by atoms with E-state index in [0.717, 1.165) is 61.1 Å². The number of hydrogen-bond acceptors (Lipinski definition) is 2. The summed E-state index contributed by atoms with van der Waals surface area (Å²) in [7, 11) is 0. The molecule has 76 heavy (non-hydrogen) atoms. The number of imidazole rings is 1. The molecule has 0 aliphatic carbocycles. The van der Waals surface area contributed by atoms with Gasteiger partial charge in [0, 0.05) is 44.3 Å². The largest absolute Gasteiger partial charge is 0.510 e. The Kier molecular flexibility index (Phi) is 11.9. The number of ether oxygens (including phenoxy) is 1. The van der Waals surface area contributed by atoms with Gasteiger partial charge in [-0.05, 0) is 113 Å². The number of hydrogen-bond donors (Lipinski definition) is 0. The number of pyridine rings is 1. The van der Waals surface area contributed by atoms with Crippen molar-refractivity contribution < 1.29 is 37.2 Å². The van der Waals surface area contributed by atoms with Gasteiger partial charge in [-0.15, -0.1) is 29.7 Å². The monoisotopic (exact) mass is 1180 g/mol. The molecular weight excluding hydrogens is 1110 g/mol. The molecule has 0 spiro atoms. The molecule has 8 aromatic carbocycles. The number of rotatable bonds is 8. The average molecular weight is 1180 g/mol. The molecule has 0 atom stereocenters. The van der Waals surface area contributed by atoms with Crippen molar-refractivity contribution in [1.29, 1.82) is 0 Å². The van der Waals surface area contributed by atoms with Crippen LogP contribution in [0.25, 0.3) is 83.4 Å². The number of para-hydroxylation sites is 1. The van der Waals surface area contributed by atoms with Crippen molar-refractivity contribution in [2.24, 2.45) is 0 Å². The van der Waals surface area contributed by atoms with Crippen molar-refractivity contribution in [2.75, 3.05) is 0 Å². The van der Waals surface area contributed by atoms with E-state index in [1.807, 2.05) is 65.4 Å². The Morgan fingerprint density at radius 3 is 1.75 bits per heavy atom. The van der Waals surface area contributed by atoms with Gasteiger partial charge in [0.05, 0.1) is 23.6 Å². The van der Waals surface area contributed by atoms with Gasteiger partial charge in [-0.3, -0.25) is 4.57 Å². The molecule has 0 saturated carbocycles. The minimum Gasteiger partial charge on any atom is -0.510 e. The molecule has 3 aromatic heterocycles. The molecule has 3 heterocycles. The van der Waals surface area contributed by atoms with E-state index in [9.17, 15) is 0 Å². The van der Waals surface area contributed by atoms with Crippen LogP contribution in [0.3, 0.4) is 0 Å². The summed E-state index contributed by atoms with van der Waals surface area (Å²) in [6.45, 7) is 26.8. The summed E-state index contributed by atoms with van der Waals surface area (Å²) < 4.78 is 56.8. The first-order valence-corrected chi connectivity index (χ1v) is 25.9. The van der Waals surface area contributed by atoms with Crippen LogP contribution in [0.15, 0.2) is 182 Å². The minimum atomic E-state index is -0.445. The summed E-state index contributed by atoms with van der Waals surface area (Å²) in [6, 6.07) is 55.7. The van der Waals surface area contributed by atoms with Gasteiger partial charge in [0.1, 0.15) is 5.82 Å². The third-order valence-electron chi connectivity index (χ3n) is 14.3. The van der Waals surface area contributed by atoms with Gasteiger partial charge < -0.3 is 13.9 Å². The fraction of sp³-hybridized carbons (Fsp3) is 0.229. The third kappa shape index (κ3) is 9.99. The summed E-state index contributed by atoms with van der Waals surface area (Å²) in [5.74, 6) is 1.72. The second-order valence-electron chi connectivity index (χ2n) is 23.9. The molecule has 0 amide bonds. The van der Waals surface area contributed by atoms with Crippen molar-refractivity contribution in [2.45, 2.75) is 105 Å². The summed E-state index contributed by atoms with van der Waals surface area (Å²) in [4.78, 5) is 4.88. The number of benzene rings is 8. The molecular formula is C70H66N4OPt-2. The van der Waals surface area contributed by atoms with Crippen LogP contribution in [0.1, 0.15) is 112 Å². The van der Waals surface area contributed by atoms with Crippen molar-refractivity contribution in [3.8, 4) is 62.1 Å². The first-order valence-electron chi connectivity index (χ1n) is 28.4. The summed E-state index contributed by atoms with van der Waals surface area (Å²) in [5, 5.41) is 2.10. The maximum atomic E-state index is 9.07. The Balaban J connectivity index is 0.00000736. The third-order valence-corrected chi connectivity index (χ3v) is 14.3. The molecule has 5 nitrogen and oxygen atoms in total. The van der Waals surface area contributed by atoms with Crippen molar-refractivity contribution >= 4 is 32.8 Å². The van der Waals surface area contributed by atoms with Crippen LogP contribution in [-0.4, -0.2) is 14.1 Å². The Hall–Kier alpha value is -7.33. The smallest absolute Gasteiger partial charge is 0.268 e. The van der Waals surface area contributed by atoms with E-state index in [4.69, 9.17) is 16.6 Å². The molecule has 0 bridgehead atoms. The Bertz CT molecular complexity index is 4170. The van der Waals surface area contributed by atoms with Crippen LogP contribution in [0, 0.1) is 18.5 Å². The quantitative estimate of drug-likeness (QED) is 0.112. The van der Waals surface area contributed by atoms with E-state index in [1.165, 1.54) is 22.3 Å². The molecule has 384 valence electrons. The minimum absolute atomic E-state index is 0.